The van der Waals surface area contributed by atoms with Gasteiger partial charge in [-0.25, -0.2) is 4.39 Å². The van der Waals surface area contributed by atoms with E-state index in [0.717, 1.165) is 23.1 Å². The van der Waals surface area contributed by atoms with Gasteiger partial charge in [0, 0.05) is 11.7 Å². The van der Waals surface area contributed by atoms with Crippen LogP contribution in [0.3, 0.4) is 0 Å². The highest BCUT2D eigenvalue weighted by molar-refractivity contribution is 9.10. The zero-order chi connectivity index (χ0) is 12.0. The quantitative estimate of drug-likeness (QED) is 0.863. The molecule has 1 aromatic rings. The molecule has 0 saturated heterocycles. The van der Waals surface area contributed by atoms with Gasteiger partial charge in [-0.15, -0.1) is 0 Å². The Morgan fingerprint density at radius 3 is 2.35 bits per heavy atom. The minimum Gasteiger partial charge on any atom is -0.382 e. The Labute approximate surface area is 110 Å². The van der Waals surface area contributed by atoms with E-state index < -0.39 is 0 Å². The predicted octanol–water partition coefficient (Wildman–Crippen LogP) is 4.50. The molecule has 0 amide bonds. The Morgan fingerprint density at radius 2 is 1.82 bits per heavy atom. The number of hydrogen-bond donors (Lipinski definition) is 1. The summed E-state index contributed by atoms with van der Waals surface area (Å²) in [5.74, 6) is 1.53. The summed E-state index contributed by atoms with van der Waals surface area (Å²) in [5.41, 5.74) is 2.08. The monoisotopic (exact) mass is 297 g/mol. The third kappa shape index (κ3) is 2.49. The van der Waals surface area contributed by atoms with Crippen LogP contribution in [0.25, 0.3) is 0 Å². The molecule has 3 heteroatoms. The molecule has 0 unspecified atom stereocenters. The molecule has 0 spiro atoms. The van der Waals surface area contributed by atoms with Gasteiger partial charge in [-0.05, 0) is 78.1 Å². The minimum absolute atomic E-state index is 0.178. The Morgan fingerprint density at radius 1 is 1.24 bits per heavy atom. The summed E-state index contributed by atoms with van der Waals surface area (Å²) < 4.78 is 13.9. The molecule has 0 aromatic heterocycles. The molecule has 2 fully saturated rings. The van der Waals surface area contributed by atoms with Gasteiger partial charge >= 0.3 is 0 Å². The third-order valence-electron chi connectivity index (χ3n) is 3.85. The lowest BCUT2D eigenvalue weighted by Crippen LogP contribution is -2.24. The van der Waals surface area contributed by atoms with Crippen molar-refractivity contribution in [1.82, 2.24) is 0 Å². The van der Waals surface area contributed by atoms with E-state index in [2.05, 4.69) is 21.2 Å². The maximum Gasteiger partial charge on any atom is 0.137 e. The van der Waals surface area contributed by atoms with E-state index in [1.54, 1.807) is 6.07 Å². The van der Waals surface area contributed by atoms with E-state index in [0.29, 0.717) is 10.5 Å². The van der Waals surface area contributed by atoms with Crippen LogP contribution in [0.1, 0.15) is 31.2 Å². The second kappa shape index (κ2) is 4.27. The lowest BCUT2D eigenvalue weighted by atomic mass is 10.1. The van der Waals surface area contributed by atoms with Gasteiger partial charge in [-0.3, -0.25) is 0 Å². The highest BCUT2D eigenvalue weighted by Crippen LogP contribution is 2.46. The molecule has 17 heavy (non-hydrogen) atoms. The number of benzene rings is 1. The van der Waals surface area contributed by atoms with Crippen molar-refractivity contribution in [2.24, 2.45) is 11.8 Å². The average Bonchev–Trinajstić information content (AvgIpc) is 3.15. The first kappa shape index (κ1) is 11.5. The molecule has 2 aliphatic rings. The topological polar surface area (TPSA) is 12.0 Å². The molecule has 92 valence electrons. The molecule has 1 nitrogen and oxygen atoms in total. The average molecular weight is 298 g/mol. The summed E-state index contributed by atoms with van der Waals surface area (Å²) in [4.78, 5) is 0. The van der Waals surface area contributed by atoms with Crippen molar-refractivity contribution in [2.75, 3.05) is 5.32 Å². The molecule has 0 heterocycles. The fourth-order valence-electron chi connectivity index (χ4n) is 2.51. The lowest BCUT2D eigenvalue weighted by Gasteiger charge is -2.21. The number of halogens is 2. The molecule has 0 bridgehead atoms. The third-order valence-corrected chi connectivity index (χ3v) is 4.46. The SMILES string of the molecule is Cc1cc(F)c(Br)cc1NC(C1CC1)C1CC1. The lowest BCUT2D eigenvalue weighted by molar-refractivity contribution is 0.566. The zero-order valence-electron chi connectivity index (χ0n) is 9.97. The molecule has 2 aliphatic carbocycles. The molecule has 0 atom stereocenters. The first-order valence-electron chi connectivity index (χ1n) is 6.37. The van der Waals surface area contributed by atoms with Gasteiger partial charge in [-0.1, -0.05) is 0 Å². The molecule has 0 radical (unpaired) electrons. The highest BCUT2D eigenvalue weighted by Gasteiger charge is 2.41. The normalized spacial score (nSPS) is 19.8. The Kier molecular flexibility index (Phi) is 2.89. The fourth-order valence-corrected chi connectivity index (χ4v) is 2.86. The van der Waals surface area contributed by atoms with E-state index in [9.17, 15) is 4.39 Å². The van der Waals surface area contributed by atoms with Crippen molar-refractivity contribution >= 4 is 21.6 Å². The second-order valence-electron chi connectivity index (χ2n) is 5.43. The molecular weight excluding hydrogens is 281 g/mol. The fraction of sp³-hybridized carbons (Fsp3) is 0.571. The van der Waals surface area contributed by atoms with Gasteiger partial charge in [0.15, 0.2) is 0 Å². The number of hydrogen-bond acceptors (Lipinski definition) is 1. The van der Waals surface area contributed by atoms with Crippen LogP contribution >= 0.6 is 15.9 Å². The number of nitrogens with one attached hydrogen (secondary N) is 1. The van der Waals surface area contributed by atoms with Crippen molar-refractivity contribution in [3.8, 4) is 0 Å². The largest absolute Gasteiger partial charge is 0.382 e. The van der Waals surface area contributed by atoms with Crippen LogP contribution < -0.4 is 5.32 Å². The van der Waals surface area contributed by atoms with E-state index in [1.165, 1.54) is 25.7 Å². The van der Waals surface area contributed by atoms with E-state index in [4.69, 9.17) is 0 Å². The standard InChI is InChI=1S/C14H17BrFN/c1-8-6-12(16)11(15)7-13(8)17-14(9-2-3-9)10-4-5-10/h6-7,9-10,14,17H,2-5H2,1H3. The van der Waals surface area contributed by atoms with Crippen LogP contribution in [-0.4, -0.2) is 6.04 Å². The van der Waals surface area contributed by atoms with E-state index in [-0.39, 0.29) is 5.82 Å². The second-order valence-corrected chi connectivity index (χ2v) is 6.28. The molecule has 1 N–H and O–H groups in total. The van der Waals surface area contributed by atoms with Crippen LogP contribution in [0.5, 0.6) is 0 Å². The van der Waals surface area contributed by atoms with Crippen LogP contribution in [0, 0.1) is 24.6 Å². The van der Waals surface area contributed by atoms with Gasteiger partial charge in [0.25, 0.3) is 0 Å². The maximum absolute atomic E-state index is 13.4. The van der Waals surface area contributed by atoms with Crippen molar-refractivity contribution in [3.05, 3.63) is 28.0 Å². The Hall–Kier alpha value is -0.570. The van der Waals surface area contributed by atoms with Crippen molar-refractivity contribution in [1.29, 1.82) is 0 Å². The molecule has 2 saturated carbocycles. The molecule has 3 rings (SSSR count). The first-order valence-corrected chi connectivity index (χ1v) is 7.16. The number of aryl methyl sites for hydroxylation is 1. The minimum atomic E-state index is -0.178. The number of anilines is 1. The Bertz CT molecular complexity index is 426. The smallest absolute Gasteiger partial charge is 0.137 e. The predicted molar refractivity (Wildman–Crippen MR) is 71.7 cm³/mol. The van der Waals surface area contributed by atoms with Gasteiger partial charge in [0.05, 0.1) is 4.47 Å². The van der Waals surface area contributed by atoms with Crippen LogP contribution in [0.2, 0.25) is 0 Å². The van der Waals surface area contributed by atoms with Crippen molar-refractivity contribution < 1.29 is 4.39 Å². The first-order chi connectivity index (χ1) is 8.15. The summed E-state index contributed by atoms with van der Waals surface area (Å²) in [7, 11) is 0. The Balaban J connectivity index is 1.81. The van der Waals surface area contributed by atoms with Gasteiger partial charge in [-0.2, -0.15) is 0 Å². The van der Waals surface area contributed by atoms with Gasteiger partial charge in [0.2, 0.25) is 0 Å². The summed E-state index contributed by atoms with van der Waals surface area (Å²) in [6, 6.07) is 4.09. The number of rotatable bonds is 4. The summed E-state index contributed by atoms with van der Waals surface area (Å²) in [6.45, 7) is 1.97. The summed E-state index contributed by atoms with van der Waals surface area (Å²) in [6.07, 6.45) is 5.43. The summed E-state index contributed by atoms with van der Waals surface area (Å²) >= 11 is 3.26. The van der Waals surface area contributed by atoms with Crippen LogP contribution in [0.4, 0.5) is 10.1 Å². The highest BCUT2D eigenvalue weighted by atomic mass is 79.9. The molecule has 0 aliphatic heterocycles. The molecular formula is C14H17BrFN. The van der Waals surface area contributed by atoms with Gasteiger partial charge in [0.1, 0.15) is 5.82 Å². The summed E-state index contributed by atoms with van der Waals surface area (Å²) in [5, 5.41) is 3.64. The van der Waals surface area contributed by atoms with Crippen molar-refractivity contribution in [2.45, 2.75) is 38.6 Å². The van der Waals surface area contributed by atoms with Crippen molar-refractivity contribution in [3.63, 3.8) is 0 Å². The zero-order valence-corrected chi connectivity index (χ0v) is 11.6. The molecule has 1 aromatic carbocycles. The van der Waals surface area contributed by atoms with Crippen LogP contribution in [-0.2, 0) is 0 Å². The van der Waals surface area contributed by atoms with Crippen LogP contribution in [0.15, 0.2) is 16.6 Å². The van der Waals surface area contributed by atoms with E-state index in [1.807, 2.05) is 13.0 Å². The maximum atomic E-state index is 13.4. The van der Waals surface area contributed by atoms with E-state index >= 15 is 0 Å². The van der Waals surface area contributed by atoms with Gasteiger partial charge < -0.3 is 5.32 Å².